The van der Waals surface area contributed by atoms with Gasteiger partial charge in [0.1, 0.15) is 0 Å². The first-order valence-electron chi connectivity index (χ1n) is 7.38. The highest BCUT2D eigenvalue weighted by atomic mass is 35.5. The van der Waals surface area contributed by atoms with Gasteiger partial charge in [0.15, 0.2) is 0 Å². The number of aliphatic hydroxyl groups excluding tert-OH is 1. The third-order valence-electron chi connectivity index (χ3n) is 4.21. The minimum atomic E-state index is -0.0541. The molecule has 0 radical (unpaired) electrons. The van der Waals surface area contributed by atoms with E-state index < -0.39 is 0 Å². The van der Waals surface area contributed by atoms with E-state index in [1.807, 2.05) is 25.2 Å². The molecule has 0 bridgehead atoms. The molecule has 2 N–H and O–H groups in total. The molecule has 1 unspecified atom stereocenters. The lowest BCUT2D eigenvalue weighted by Crippen LogP contribution is -2.38. The molecule has 0 amide bonds. The van der Waals surface area contributed by atoms with Crippen LogP contribution in [0.5, 0.6) is 0 Å². The standard InChI is InChI=1S/C16H25ClN2O/c1-18-16(14-5-3-4-6-15(14)17)7-8-19(2)11-12-9-13(20)10-12/h3-6,12-13,16,18,20H,7-11H2,1-2H3. The molecule has 0 aromatic heterocycles. The molecule has 20 heavy (non-hydrogen) atoms. The van der Waals surface area contributed by atoms with Crippen molar-refractivity contribution in [3.8, 4) is 0 Å². The fourth-order valence-electron chi connectivity index (χ4n) is 2.94. The Morgan fingerprint density at radius 3 is 2.70 bits per heavy atom. The first kappa shape index (κ1) is 15.8. The lowest BCUT2D eigenvalue weighted by Gasteiger charge is -2.34. The fraction of sp³-hybridized carbons (Fsp3) is 0.625. The lowest BCUT2D eigenvalue weighted by atomic mass is 9.82. The maximum absolute atomic E-state index is 9.32. The predicted octanol–water partition coefficient (Wildman–Crippen LogP) is 2.69. The zero-order valence-corrected chi connectivity index (χ0v) is 13.1. The van der Waals surface area contributed by atoms with Crippen molar-refractivity contribution in [2.24, 2.45) is 5.92 Å². The molecule has 0 saturated heterocycles. The zero-order chi connectivity index (χ0) is 14.5. The largest absolute Gasteiger partial charge is 0.393 e. The van der Waals surface area contributed by atoms with E-state index in [1.54, 1.807) is 0 Å². The van der Waals surface area contributed by atoms with Gasteiger partial charge in [0.2, 0.25) is 0 Å². The molecule has 1 aliphatic carbocycles. The summed E-state index contributed by atoms with van der Waals surface area (Å²) < 4.78 is 0. The Hall–Kier alpha value is -0.610. The van der Waals surface area contributed by atoms with E-state index in [0.29, 0.717) is 5.92 Å². The van der Waals surface area contributed by atoms with Crippen LogP contribution in [0.25, 0.3) is 0 Å². The summed E-state index contributed by atoms with van der Waals surface area (Å²) in [6.45, 7) is 2.11. The van der Waals surface area contributed by atoms with E-state index >= 15 is 0 Å². The van der Waals surface area contributed by atoms with Gasteiger partial charge in [-0.3, -0.25) is 0 Å². The van der Waals surface area contributed by atoms with Crippen LogP contribution in [0.4, 0.5) is 0 Å². The molecular weight excluding hydrogens is 272 g/mol. The van der Waals surface area contributed by atoms with Crippen molar-refractivity contribution in [2.45, 2.75) is 31.4 Å². The molecule has 3 nitrogen and oxygen atoms in total. The maximum Gasteiger partial charge on any atom is 0.0546 e. The first-order chi connectivity index (χ1) is 9.60. The average Bonchev–Trinajstić information content (AvgIpc) is 2.39. The number of rotatable bonds is 7. The number of nitrogens with zero attached hydrogens (tertiary/aromatic N) is 1. The second-order valence-electron chi connectivity index (χ2n) is 5.90. The number of halogens is 1. The summed E-state index contributed by atoms with van der Waals surface area (Å²) in [6, 6.07) is 8.32. The van der Waals surface area contributed by atoms with Gasteiger partial charge < -0.3 is 15.3 Å². The van der Waals surface area contributed by atoms with Crippen LogP contribution in [0.15, 0.2) is 24.3 Å². The van der Waals surface area contributed by atoms with Gasteiger partial charge in [0, 0.05) is 17.6 Å². The SMILES string of the molecule is CNC(CCN(C)CC1CC(O)C1)c1ccccc1Cl. The Labute approximate surface area is 126 Å². The van der Waals surface area contributed by atoms with Gasteiger partial charge >= 0.3 is 0 Å². The second-order valence-corrected chi connectivity index (χ2v) is 6.31. The van der Waals surface area contributed by atoms with Crippen LogP contribution in [0, 0.1) is 5.92 Å². The summed E-state index contributed by atoms with van der Waals surface area (Å²) in [4.78, 5) is 2.36. The topological polar surface area (TPSA) is 35.5 Å². The number of hydrogen-bond donors (Lipinski definition) is 2. The number of aliphatic hydroxyl groups is 1. The van der Waals surface area contributed by atoms with Gasteiger partial charge in [0.25, 0.3) is 0 Å². The number of hydrogen-bond acceptors (Lipinski definition) is 3. The number of benzene rings is 1. The van der Waals surface area contributed by atoms with Gasteiger partial charge in [-0.15, -0.1) is 0 Å². The van der Waals surface area contributed by atoms with E-state index in [2.05, 4.69) is 23.3 Å². The molecule has 0 heterocycles. The molecule has 1 atom stereocenters. The molecule has 1 aromatic carbocycles. The fourth-order valence-corrected chi connectivity index (χ4v) is 3.21. The quantitative estimate of drug-likeness (QED) is 0.812. The smallest absolute Gasteiger partial charge is 0.0546 e. The molecule has 1 fully saturated rings. The summed E-state index contributed by atoms with van der Waals surface area (Å²) in [5.41, 5.74) is 1.17. The van der Waals surface area contributed by atoms with Gasteiger partial charge in [-0.05, 0) is 57.5 Å². The minimum Gasteiger partial charge on any atom is -0.393 e. The summed E-state index contributed by atoms with van der Waals surface area (Å²) in [7, 11) is 4.14. The molecule has 4 heteroatoms. The maximum atomic E-state index is 9.32. The Morgan fingerprint density at radius 2 is 2.10 bits per heavy atom. The van der Waals surface area contributed by atoms with Gasteiger partial charge in [-0.2, -0.15) is 0 Å². The van der Waals surface area contributed by atoms with E-state index in [0.717, 1.165) is 37.4 Å². The van der Waals surface area contributed by atoms with Crippen molar-refractivity contribution in [2.75, 3.05) is 27.2 Å². The van der Waals surface area contributed by atoms with Gasteiger partial charge in [-0.25, -0.2) is 0 Å². The summed E-state index contributed by atoms with van der Waals surface area (Å²) in [5, 5.41) is 13.5. The monoisotopic (exact) mass is 296 g/mol. The average molecular weight is 297 g/mol. The van der Waals surface area contributed by atoms with Gasteiger partial charge in [-0.1, -0.05) is 29.8 Å². The van der Waals surface area contributed by atoms with Crippen LogP contribution >= 0.6 is 11.6 Å². The van der Waals surface area contributed by atoms with Crippen molar-refractivity contribution in [3.63, 3.8) is 0 Å². The Morgan fingerprint density at radius 1 is 1.40 bits per heavy atom. The molecule has 1 aliphatic rings. The molecule has 0 spiro atoms. The van der Waals surface area contributed by atoms with E-state index in [4.69, 9.17) is 11.6 Å². The van der Waals surface area contributed by atoms with Crippen molar-refractivity contribution >= 4 is 11.6 Å². The molecule has 0 aliphatic heterocycles. The van der Waals surface area contributed by atoms with E-state index in [-0.39, 0.29) is 12.1 Å². The van der Waals surface area contributed by atoms with Crippen LogP contribution < -0.4 is 5.32 Å². The van der Waals surface area contributed by atoms with Crippen molar-refractivity contribution in [1.82, 2.24) is 10.2 Å². The first-order valence-corrected chi connectivity index (χ1v) is 7.76. The van der Waals surface area contributed by atoms with Gasteiger partial charge in [0.05, 0.1) is 6.10 Å². The van der Waals surface area contributed by atoms with E-state index in [1.165, 1.54) is 5.56 Å². The van der Waals surface area contributed by atoms with Crippen LogP contribution in [0.1, 0.15) is 30.9 Å². The Balaban J connectivity index is 1.80. The molecular formula is C16H25ClN2O. The number of nitrogens with one attached hydrogen (secondary N) is 1. The van der Waals surface area contributed by atoms with Crippen LogP contribution in [0.2, 0.25) is 5.02 Å². The third-order valence-corrected chi connectivity index (χ3v) is 4.55. The molecule has 112 valence electrons. The molecule has 1 saturated carbocycles. The second kappa shape index (κ2) is 7.41. The summed E-state index contributed by atoms with van der Waals surface area (Å²) in [5.74, 6) is 0.670. The molecule has 1 aromatic rings. The van der Waals surface area contributed by atoms with Crippen LogP contribution in [-0.4, -0.2) is 43.3 Å². The normalized spacial score (nSPS) is 23.6. The summed E-state index contributed by atoms with van der Waals surface area (Å²) >= 11 is 6.26. The molecule has 2 rings (SSSR count). The van der Waals surface area contributed by atoms with Crippen molar-refractivity contribution in [3.05, 3.63) is 34.9 Å². The van der Waals surface area contributed by atoms with Crippen molar-refractivity contribution < 1.29 is 5.11 Å². The van der Waals surface area contributed by atoms with Crippen LogP contribution in [-0.2, 0) is 0 Å². The van der Waals surface area contributed by atoms with Crippen LogP contribution in [0.3, 0.4) is 0 Å². The highest BCUT2D eigenvalue weighted by molar-refractivity contribution is 6.31. The Bertz CT molecular complexity index is 421. The Kier molecular flexibility index (Phi) is 5.85. The minimum absolute atomic E-state index is 0.0541. The highest BCUT2D eigenvalue weighted by Gasteiger charge is 2.27. The van der Waals surface area contributed by atoms with E-state index in [9.17, 15) is 5.11 Å². The summed E-state index contributed by atoms with van der Waals surface area (Å²) in [6.07, 6.45) is 2.90. The highest BCUT2D eigenvalue weighted by Crippen LogP contribution is 2.28. The van der Waals surface area contributed by atoms with Crippen molar-refractivity contribution in [1.29, 1.82) is 0 Å². The zero-order valence-electron chi connectivity index (χ0n) is 12.3. The lowest BCUT2D eigenvalue weighted by molar-refractivity contribution is 0.0279. The third kappa shape index (κ3) is 4.19. The predicted molar refractivity (Wildman–Crippen MR) is 84.1 cm³/mol.